The third-order valence-electron chi connectivity index (χ3n) is 7.77. The van der Waals surface area contributed by atoms with E-state index in [1.807, 2.05) is 57.1 Å². The van der Waals surface area contributed by atoms with Gasteiger partial charge in [0.25, 0.3) is 11.8 Å². The summed E-state index contributed by atoms with van der Waals surface area (Å²) in [6.45, 7) is 4.30. The quantitative estimate of drug-likeness (QED) is 0.493. The number of likely N-dealkylation sites (tertiary alicyclic amines) is 2. The Kier molecular flexibility index (Phi) is 7.56. The summed E-state index contributed by atoms with van der Waals surface area (Å²) in [5.41, 5.74) is 2.71. The van der Waals surface area contributed by atoms with Gasteiger partial charge in [-0.2, -0.15) is 0 Å². The summed E-state index contributed by atoms with van der Waals surface area (Å²) in [4.78, 5) is 63.0. The van der Waals surface area contributed by atoms with Gasteiger partial charge in [0.1, 0.15) is 12.1 Å². The summed E-state index contributed by atoms with van der Waals surface area (Å²) in [5.74, 6) is -0.850. The number of benzene rings is 2. The molecule has 1 N–H and O–H groups in total. The summed E-state index contributed by atoms with van der Waals surface area (Å²) in [6.07, 6.45) is 2.65. The van der Waals surface area contributed by atoms with Crippen LogP contribution in [0, 0.1) is 5.92 Å². The van der Waals surface area contributed by atoms with Crippen LogP contribution in [0.4, 0.5) is 5.69 Å². The van der Waals surface area contributed by atoms with Gasteiger partial charge in [0.15, 0.2) is 5.78 Å². The van der Waals surface area contributed by atoms with E-state index in [2.05, 4.69) is 10.3 Å². The molecule has 1 aromatic heterocycles. The number of hydrogen-bond acceptors (Lipinski definition) is 6. The molecule has 0 saturated carbocycles. The molecule has 0 aliphatic carbocycles. The first-order valence-electron chi connectivity index (χ1n) is 13.7. The van der Waals surface area contributed by atoms with Crippen LogP contribution in [0.2, 0.25) is 0 Å². The van der Waals surface area contributed by atoms with Crippen molar-refractivity contribution < 1.29 is 19.2 Å². The molecule has 5 rings (SSSR count). The lowest BCUT2D eigenvalue weighted by Crippen LogP contribution is -2.53. The van der Waals surface area contributed by atoms with Gasteiger partial charge in [-0.05, 0) is 67.3 Å². The van der Waals surface area contributed by atoms with Gasteiger partial charge in [-0.15, -0.1) is 0 Å². The Bertz CT molecular complexity index is 1450. The number of nitrogens with one attached hydrogen (secondary N) is 1. The fourth-order valence-electron chi connectivity index (χ4n) is 5.76. The highest BCUT2D eigenvalue weighted by Gasteiger charge is 2.52. The van der Waals surface area contributed by atoms with E-state index >= 15 is 0 Å². The zero-order valence-electron chi connectivity index (χ0n) is 23.3. The SMILES string of the molecule is CC(C)C[C@H](NC(=O)c1ccc(N(C)C)cc1)C(=O)N1CCC2C1C(=O)CN2C(=O)c1ccc2ncccc2c1. The van der Waals surface area contributed by atoms with Crippen molar-refractivity contribution in [1.29, 1.82) is 0 Å². The predicted octanol–water partition coefficient (Wildman–Crippen LogP) is 3.14. The normalized spacial score (nSPS) is 19.2. The molecular formula is C31H35N5O4. The molecule has 3 heterocycles. The van der Waals surface area contributed by atoms with Crippen LogP contribution in [0.15, 0.2) is 60.8 Å². The number of ketones is 1. The fourth-order valence-corrected chi connectivity index (χ4v) is 5.76. The lowest BCUT2D eigenvalue weighted by Gasteiger charge is -2.29. The van der Waals surface area contributed by atoms with E-state index in [9.17, 15) is 19.2 Å². The topological polar surface area (TPSA) is 103 Å². The van der Waals surface area contributed by atoms with Crippen LogP contribution < -0.4 is 10.2 Å². The molecule has 3 amide bonds. The Morgan fingerprint density at radius 3 is 2.45 bits per heavy atom. The first-order chi connectivity index (χ1) is 19.1. The summed E-state index contributed by atoms with van der Waals surface area (Å²) < 4.78 is 0. The molecule has 40 heavy (non-hydrogen) atoms. The highest BCUT2D eigenvalue weighted by Crippen LogP contribution is 2.32. The van der Waals surface area contributed by atoms with E-state index in [0.29, 0.717) is 30.5 Å². The minimum Gasteiger partial charge on any atom is -0.378 e. The number of Topliss-reactive ketones (excluding diaryl/α,β-unsaturated/α-hetero) is 1. The van der Waals surface area contributed by atoms with Gasteiger partial charge in [-0.25, -0.2) is 0 Å². The Labute approximate surface area is 234 Å². The van der Waals surface area contributed by atoms with Crippen molar-refractivity contribution in [3.05, 3.63) is 71.9 Å². The van der Waals surface area contributed by atoms with E-state index < -0.39 is 12.1 Å². The van der Waals surface area contributed by atoms with Gasteiger partial charge in [0.05, 0.1) is 18.1 Å². The minimum atomic E-state index is -0.773. The molecule has 0 radical (unpaired) electrons. The van der Waals surface area contributed by atoms with Crippen molar-refractivity contribution in [3.8, 4) is 0 Å². The second-order valence-electron chi connectivity index (χ2n) is 11.2. The molecule has 2 aliphatic heterocycles. The van der Waals surface area contributed by atoms with Crippen molar-refractivity contribution in [2.24, 2.45) is 5.92 Å². The second-order valence-corrected chi connectivity index (χ2v) is 11.2. The first kappa shape index (κ1) is 27.3. The molecule has 0 spiro atoms. The number of fused-ring (bicyclic) bond motifs is 2. The van der Waals surface area contributed by atoms with Crippen LogP contribution in [0.3, 0.4) is 0 Å². The first-order valence-corrected chi connectivity index (χ1v) is 13.7. The molecule has 3 atom stereocenters. The third-order valence-corrected chi connectivity index (χ3v) is 7.77. The number of nitrogens with zero attached hydrogens (tertiary/aromatic N) is 4. The van der Waals surface area contributed by atoms with Crippen LogP contribution in [0.1, 0.15) is 47.4 Å². The van der Waals surface area contributed by atoms with Crippen LogP contribution >= 0.6 is 0 Å². The maximum atomic E-state index is 13.8. The number of carbonyl (C=O) groups is 4. The van der Waals surface area contributed by atoms with Crippen LogP contribution in [-0.2, 0) is 9.59 Å². The van der Waals surface area contributed by atoms with Crippen molar-refractivity contribution >= 4 is 40.1 Å². The molecule has 208 valence electrons. The molecule has 2 unspecified atom stereocenters. The van der Waals surface area contributed by atoms with E-state index in [4.69, 9.17) is 0 Å². The monoisotopic (exact) mass is 541 g/mol. The number of pyridine rings is 1. The minimum absolute atomic E-state index is 0.0392. The standard InChI is InChI=1S/C31H35N5O4/c1-19(2)16-25(33-29(38)20-7-10-23(11-8-20)34(3)4)31(40)35-15-13-26-28(35)27(37)18-36(26)30(39)22-9-12-24-21(17-22)6-5-14-32-24/h5-12,14,17,19,25-26,28H,13,15-16,18H2,1-4H3,(H,33,38)/t25-,26?,28?/m0/s1. The van der Waals surface area contributed by atoms with Crippen molar-refractivity contribution in [1.82, 2.24) is 20.1 Å². The van der Waals surface area contributed by atoms with Crippen LogP contribution in [0.25, 0.3) is 10.9 Å². The van der Waals surface area contributed by atoms with E-state index in [-0.39, 0.29) is 42.0 Å². The van der Waals surface area contributed by atoms with E-state index in [1.165, 1.54) is 0 Å². The third kappa shape index (κ3) is 5.28. The summed E-state index contributed by atoms with van der Waals surface area (Å²) in [7, 11) is 3.85. The molecule has 9 nitrogen and oxygen atoms in total. The largest absolute Gasteiger partial charge is 0.378 e. The van der Waals surface area contributed by atoms with Gasteiger partial charge in [0.2, 0.25) is 5.91 Å². The number of anilines is 1. The summed E-state index contributed by atoms with van der Waals surface area (Å²) in [6, 6.07) is 14.4. The smallest absolute Gasteiger partial charge is 0.254 e. The van der Waals surface area contributed by atoms with Crippen molar-refractivity contribution in [2.45, 2.75) is 44.8 Å². The molecule has 2 aromatic carbocycles. The van der Waals surface area contributed by atoms with Crippen LogP contribution in [-0.4, -0.2) is 83.6 Å². The van der Waals surface area contributed by atoms with Gasteiger partial charge in [-0.1, -0.05) is 19.9 Å². The zero-order chi connectivity index (χ0) is 28.6. The molecule has 2 aliphatic rings. The number of hydrogen-bond donors (Lipinski definition) is 1. The Morgan fingerprint density at radius 2 is 1.75 bits per heavy atom. The highest BCUT2D eigenvalue weighted by atomic mass is 16.2. The number of rotatable bonds is 7. The Hall–Kier alpha value is -4.27. The molecule has 2 saturated heterocycles. The molecule has 3 aromatic rings. The van der Waals surface area contributed by atoms with Gasteiger partial charge < -0.3 is 20.0 Å². The molecular weight excluding hydrogens is 506 g/mol. The van der Waals surface area contributed by atoms with Gasteiger partial charge >= 0.3 is 0 Å². The average molecular weight is 542 g/mol. The maximum absolute atomic E-state index is 13.8. The summed E-state index contributed by atoms with van der Waals surface area (Å²) >= 11 is 0. The average Bonchev–Trinajstić information content (AvgIpc) is 3.52. The van der Waals surface area contributed by atoms with Gasteiger partial charge in [-0.3, -0.25) is 24.2 Å². The Morgan fingerprint density at radius 1 is 1.02 bits per heavy atom. The lowest BCUT2D eigenvalue weighted by molar-refractivity contribution is -0.138. The van der Waals surface area contributed by atoms with Gasteiger partial charge in [0, 0.05) is 49.0 Å². The maximum Gasteiger partial charge on any atom is 0.254 e. The second kappa shape index (κ2) is 11.1. The molecule has 9 heteroatoms. The van der Waals surface area contributed by atoms with E-state index in [1.54, 1.807) is 46.3 Å². The molecule has 2 fully saturated rings. The van der Waals surface area contributed by atoms with E-state index in [0.717, 1.165) is 16.6 Å². The highest BCUT2D eigenvalue weighted by molar-refractivity contribution is 6.04. The predicted molar refractivity (Wildman–Crippen MR) is 153 cm³/mol. The van der Waals surface area contributed by atoms with Crippen molar-refractivity contribution in [2.75, 3.05) is 32.1 Å². The number of carbonyl (C=O) groups excluding carboxylic acids is 4. The molecule has 0 bridgehead atoms. The Balaban J connectivity index is 1.32. The number of amides is 3. The van der Waals surface area contributed by atoms with Crippen LogP contribution in [0.5, 0.6) is 0 Å². The van der Waals surface area contributed by atoms with Crippen molar-refractivity contribution in [3.63, 3.8) is 0 Å². The zero-order valence-corrected chi connectivity index (χ0v) is 23.3. The summed E-state index contributed by atoms with van der Waals surface area (Å²) in [5, 5.41) is 3.77. The number of aromatic nitrogens is 1. The fraction of sp³-hybridized carbons (Fsp3) is 0.387. The lowest BCUT2D eigenvalue weighted by atomic mass is 10.0.